The van der Waals surface area contributed by atoms with Gasteiger partial charge in [-0.1, -0.05) is 33.8 Å². The maximum absolute atomic E-state index is 15.0. The van der Waals surface area contributed by atoms with E-state index in [1.54, 1.807) is 26.0 Å². The SMILES string of the molecule is CC(C)CC(=O)O[C@@H]1C(=O)[C@@]23C(=O)C=C[C@]2(COC3(C)C)[C@H]2CC[C@@]3(C)[C@H](c4ccco4)OC(=O)[C@H]4O[C@]43[C@]12C. The van der Waals surface area contributed by atoms with Gasteiger partial charge < -0.3 is 23.4 Å². The standard InChI is InChI=1S/C31H36O9/c1-16(2)14-20(33)38-23-21(34)30-19(32)10-12-29(30,15-37-26(30,3)4)18-9-11-27(5)22(17-8-7-13-36-17)39-25(35)24-31(27,40-24)28(18,23)6/h7-8,10,12-13,16,18,22-24H,9,11,14-15H2,1-6H3/t18-,22-,23+,24+,27-,28-,29-,30+,31+/m0/s1. The molecule has 2 saturated carbocycles. The van der Waals surface area contributed by atoms with Crippen LogP contribution in [-0.4, -0.2) is 53.5 Å². The molecule has 9 nitrogen and oxygen atoms in total. The molecule has 9 heteroatoms. The molecule has 3 aliphatic carbocycles. The molecule has 3 aliphatic heterocycles. The van der Waals surface area contributed by atoms with Gasteiger partial charge in [-0.2, -0.15) is 0 Å². The molecule has 40 heavy (non-hydrogen) atoms. The lowest BCUT2D eigenvalue weighted by Crippen LogP contribution is -2.78. The number of ketones is 2. The lowest BCUT2D eigenvalue weighted by Gasteiger charge is -2.66. The first kappa shape index (κ1) is 26.1. The number of hydrogen-bond donors (Lipinski definition) is 0. The molecular weight excluding hydrogens is 516 g/mol. The fourth-order valence-electron chi connectivity index (χ4n) is 10.0. The molecule has 1 aromatic rings. The van der Waals surface area contributed by atoms with E-state index in [1.807, 2.05) is 33.8 Å². The minimum atomic E-state index is -1.54. The second-order valence-corrected chi connectivity index (χ2v) is 14.0. The van der Waals surface area contributed by atoms with Crippen molar-refractivity contribution in [1.82, 2.24) is 0 Å². The largest absolute Gasteiger partial charge is 0.465 e. The Morgan fingerprint density at radius 3 is 2.55 bits per heavy atom. The van der Waals surface area contributed by atoms with Crippen molar-refractivity contribution in [2.75, 3.05) is 6.61 Å². The molecule has 5 fully saturated rings. The van der Waals surface area contributed by atoms with Gasteiger partial charge in [0.05, 0.1) is 18.5 Å². The summed E-state index contributed by atoms with van der Waals surface area (Å²) >= 11 is 0. The Balaban J connectivity index is 1.46. The van der Waals surface area contributed by atoms with Gasteiger partial charge in [0.25, 0.3) is 0 Å². The van der Waals surface area contributed by atoms with E-state index in [0.29, 0.717) is 18.6 Å². The van der Waals surface area contributed by atoms with Gasteiger partial charge in [0.1, 0.15) is 16.8 Å². The molecule has 3 saturated heterocycles. The van der Waals surface area contributed by atoms with E-state index in [4.69, 9.17) is 23.4 Å². The van der Waals surface area contributed by atoms with Crippen LogP contribution in [0, 0.1) is 33.5 Å². The molecule has 6 aliphatic rings. The van der Waals surface area contributed by atoms with Crippen molar-refractivity contribution in [3.8, 4) is 0 Å². The van der Waals surface area contributed by atoms with Gasteiger partial charge in [-0.15, -0.1) is 0 Å². The summed E-state index contributed by atoms with van der Waals surface area (Å²) in [6, 6.07) is 3.52. The van der Waals surface area contributed by atoms with Crippen molar-refractivity contribution in [3.63, 3.8) is 0 Å². The molecule has 0 bridgehead atoms. The fraction of sp³-hybridized carbons (Fsp3) is 0.677. The van der Waals surface area contributed by atoms with Crippen molar-refractivity contribution < 1.29 is 42.5 Å². The number of fused-ring (bicyclic) bond motifs is 1. The minimum absolute atomic E-state index is 0.000725. The Labute approximate surface area is 232 Å². The van der Waals surface area contributed by atoms with Gasteiger partial charge in [-0.05, 0) is 56.7 Å². The van der Waals surface area contributed by atoms with Crippen LogP contribution in [-0.2, 0) is 38.1 Å². The number of cyclic esters (lactones) is 1. The third-order valence-electron chi connectivity index (χ3n) is 11.5. The van der Waals surface area contributed by atoms with Crippen molar-refractivity contribution >= 4 is 23.5 Å². The monoisotopic (exact) mass is 552 g/mol. The fourth-order valence-corrected chi connectivity index (χ4v) is 10.0. The van der Waals surface area contributed by atoms with Crippen LogP contribution in [0.1, 0.15) is 72.7 Å². The first-order chi connectivity index (χ1) is 18.7. The van der Waals surface area contributed by atoms with Crippen LogP contribution in [0.3, 0.4) is 0 Å². The Kier molecular flexibility index (Phi) is 4.92. The van der Waals surface area contributed by atoms with E-state index in [2.05, 4.69) is 0 Å². The molecule has 4 heterocycles. The minimum Gasteiger partial charge on any atom is -0.465 e. The highest BCUT2D eigenvalue weighted by Crippen LogP contribution is 2.82. The number of Topliss-reactive ketones (excluding diaryl/α,β-unsaturated/α-hetero) is 1. The van der Waals surface area contributed by atoms with Crippen LogP contribution in [0.4, 0.5) is 0 Å². The van der Waals surface area contributed by atoms with Gasteiger partial charge in [0.15, 0.2) is 29.9 Å². The number of hydrogen-bond acceptors (Lipinski definition) is 9. The van der Waals surface area contributed by atoms with Crippen molar-refractivity contribution in [2.24, 2.45) is 33.5 Å². The predicted molar refractivity (Wildman–Crippen MR) is 137 cm³/mol. The molecule has 1 aromatic heterocycles. The molecule has 0 N–H and O–H groups in total. The number of carbonyl (C=O) groups excluding carboxylic acids is 4. The number of rotatable bonds is 4. The smallest absolute Gasteiger partial charge is 0.339 e. The van der Waals surface area contributed by atoms with E-state index in [1.165, 1.54) is 12.3 Å². The Morgan fingerprint density at radius 1 is 1.12 bits per heavy atom. The first-order valence-electron chi connectivity index (χ1n) is 14.3. The lowest BCUT2D eigenvalue weighted by molar-refractivity contribution is -0.245. The van der Waals surface area contributed by atoms with Crippen molar-refractivity contribution in [1.29, 1.82) is 0 Å². The van der Waals surface area contributed by atoms with E-state index < -0.39 is 68.9 Å². The Hall–Kier alpha value is -2.78. The third kappa shape index (κ3) is 2.51. The molecule has 0 unspecified atom stereocenters. The highest BCUT2D eigenvalue weighted by atomic mass is 16.7. The van der Waals surface area contributed by atoms with Crippen molar-refractivity contribution in [3.05, 3.63) is 36.3 Å². The third-order valence-corrected chi connectivity index (χ3v) is 11.5. The van der Waals surface area contributed by atoms with Gasteiger partial charge in [-0.25, -0.2) is 4.79 Å². The van der Waals surface area contributed by atoms with E-state index >= 15 is 4.79 Å². The molecule has 1 spiro atoms. The number of furan rings is 1. The summed E-state index contributed by atoms with van der Waals surface area (Å²) in [5, 5.41) is 0. The number of carbonyl (C=O) groups is 4. The Bertz CT molecular complexity index is 1370. The van der Waals surface area contributed by atoms with Crippen LogP contribution in [0.25, 0.3) is 0 Å². The van der Waals surface area contributed by atoms with Crippen LogP contribution in [0.2, 0.25) is 0 Å². The van der Waals surface area contributed by atoms with Crippen LogP contribution in [0.5, 0.6) is 0 Å². The average molecular weight is 553 g/mol. The molecular formula is C31H36O9. The van der Waals surface area contributed by atoms with Crippen molar-refractivity contribution in [2.45, 2.75) is 90.3 Å². The summed E-state index contributed by atoms with van der Waals surface area (Å²) in [4.78, 5) is 55.7. The highest BCUT2D eigenvalue weighted by Gasteiger charge is 2.93. The number of ether oxygens (including phenoxy) is 4. The zero-order chi connectivity index (χ0) is 28.7. The van der Waals surface area contributed by atoms with Gasteiger partial charge in [0.2, 0.25) is 0 Å². The highest BCUT2D eigenvalue weighted by molar-refractivity contribution is 6.19. The molecule has 0 radical (unpaired) electrons. The van der Waals surface area contributed by atoms with Crippen LogP contribution in [0.15, 0.2) is 35.0 Å². The quantitative estimate of drug-likeness (QED) is 0.311. The molecule has 9 atom stereocenters. The zero-order valence-electron chi connectivity index (χ0n) is 23.8. The maximum atomic E-state index is 15.0. The summed E-state index contributed by atoms with van der Waals surface area (Å²) in [6.45, 7) is 11.5. The number of esters is 2. The summed E-state index contributed by atoms with van der Waals surface area (Å²) in [5.74, 6) is -1.70. The summed E-state index contributed by atoms with van der Waals surface area (Å²) in [5.41, 5.74) is -6.79. The number of allylic oxidation sites excluding steroid dienone is 1. The zero-order valence-corrected chi connectivity index (χ0v) is 23.8. The molecule has 214 valence electrons. The molecule has 7 rings (SSSR count). The van der Waals surface area contributed by atoms with Crippen LogP contribution >= 0.6 is 0 Å². The number of epoxide rings is 1. The summed E-state index contributed by atoms with van der Waals surface area (Å²) in [6.07, 6.45) is 3.15. The predicted octanol–water partition coefficient (Wildman–Crippen LogP) is 3.90. The van der Waals surface area contributed by atoms with E-state index in [-0.39, 0.29) is 30.6 Å². The summed E-state index contributed by atoms with van der Waals surface area (Å²) < 4.78 is 30.7. The Morgan fingerprint density at radius 2 is 1.88 bits per heavy atom. The van der Waals surface area contributed by atoms with Gasteiger partial charge in [-0.3, -0.25) is 14.4 Å². The van der Waals surface area contributed by atoms with E-state index in [0.717, 1.165) is 0 Å². The molecule has 0 aromatic carbocycles. The average Bonchev–Trinajstić information content (AvgIpc) is 3.17. The topological polar surface area (TPSA) is 122 Å². The van der Waals surface area contributed by atoms with Gasteiger partial charge in [0, 0.05) is 22.7 Å². The maximum Gasteiger partial charge on any atom is 0.339 e. The molecule has 0 amide bonds. The second kappa shape index (κ2) is 7.53. The summed E-state index contributed by atoms with van der Waals surface area (Å²) in [7, 11) is 0. The van der Waals surface area contributed by atoms with E-state index in [9.17, 15) is 14.4 Å². The lowest BCUT2D eigenvalue weighted by atomic mass is 9.34. The van der Waals surface area contributed by atoms with Gasteiger partial charge >= 0.3 is 11.9 Å². The second-order valence-electron chi connectivity index (χ2n) is 14.0. The first-order valence-corrected chi connectivity index (χ1v) is 14.3. The van der Waals surface area contributed by atoms with Crippen LogP contribution < -0.4 is 0 Å². The normalized spacial score (nSPS) is 47.6.